The Bertz CT molecular complexity index is 1600. The average Bonchev–Trinajstić information content (AvgIpc) is 3.61. The number of Topliss-reactive ketones (excluding diaryl/α,β-unsaturated/α-hetero) is 1. The molecule has 0 radical (unpaired) electrons. The number of aromatic nitrogens is 2. The van der Waals surface area contributed by atoms with Crippen molar-refractivity contribution in [3.8, 4) is 0 Å². The van der Waals surface area contributed by atoms with Crippen molar-refractivity contribution in [2.45, 2.75) is 19.5 Å². The number of H-pyrrole nitrogens is 2. The summed E-state index contributed by atoms with van der Waals surface area (Å²) >= 11 is 0. The number of hydrogen-bond acceptors (Lipinski definition) is 4. The van der Waals surface area contributed by atoms with Gasteiger partial charge in [-0.25, -0.2) is 0 Å². The number of aryl methyl sites for hydroxylation is 1. The first-order chi connectivity index (χ1) is 16.5. The molecule has 1 saturated heterocycles. The zero-order chi connectivity index (χ0) is 23.4. The Labute approximate surface area is 194 Å². The van der Waals surface area contributed by atoms with Crippen molar-refractivity contribution in [1.82, 2.24) is 14.9 Å². The van der Waals surface area contributed by atoms with Crippen LogP contribution in [-0.4, -0.2) is 31.7 Å². The molecule has 168 valence electrons. The van der Waals surface area contributed by atoms with Gasteiger partial charge in [0, 0.05) is 44.8 Å². The Morgan fingerprint density at radius 1 is 1.00 bits per heavy atom. The molecule has 1 aliphatic rings. The van der Waals surface area contributed by atoms with E-state index in [0.29, 0.717) is 11.3 Å². The number of amides is 1. The lowest BCUT2D eigenvalue weighted by Gasteiger charge is -2.24. The maximum atomic E-state index is 13.4. The summed E-state index contributed by atoms with van der Waals surface area (Å²) in [6, 6.07) is 18.0. The maximum Gasteiger partial charge on any atom is 0.296 e. The van der Waals surface area contributed by atoms with Gasteiger partial charge in [0.05, 0.1) is 24.4 Å². The number of carbonyl (C=O) groups excluding carboxylic acids is 2. The van der Waals surface area contributed by atoms with Crippen molar-refractivity contribution < 1.29 is 19.1 Å². The van der Waals surface area contributed by atoms with Gasteiger partial charge in [0.2, 0.25) is 0 Å². The summed E-state index contributed by atoms with van der Waals surface area (Å²) in [7, 11) is 0. The number of likely N-dealkylation sites (tertiary alicyclic amines) is 1. The number of nitrogens with zero attached hydrogens (tertiary/aromatic N) is 1. The third-order valence-electron chi connectivity index (χ3n) is 6.51. The Morgan fingerprint density at radius 3 is 2.50 bits per heavy atom. The number of ketones is 1. The van der Waals surface area contributed by atoms with Gasteiger partial charge in [0.15, 0.2) is 0 Å². The highest BCUT2D eigenvalue weighted by atomic mass is 16.3. The number of aromatic amines is 2. The van der Waals surface area contributed by atoms with E-state index in [-0.39, 0.29) is 17.9 Å². The highest BCUT2D eigenvalue weighted by Gasteiger charge is 2.48. The first-order valence-corrected chi connectivity index (χ1v) is 11.0. The van der Waals surface area contributed by atoms with E-state index in [0.717, 1.165) is 33.1 Å². The molecule has 1 aliphatic heterocycles. The smallest absolute Gasteiger partial charge is 0.296 e. The second-order valence-electron chi connectivity index (χ2n) is 8.46. The molecule has 0 spiro atoms. The number of carbonyl (C=O) groups is 2. The fraction of sp³-hybridized carbons (Fsp3) is 0.111. The lowest BCUT2D eigenvalue weighted by Crippen LogP contribution is -2.29. The summed E-state index contributed by atoms with van der Waals surface area (Å²) < 4.78 is 5.49. The minimum Gasteiger partial charge on any atom is -0.507 e. The molecule has 0 bridgehead atoms. The first kappa shape index (κ1) is 20.1. The summed E-state index contributed by atoms with van der Waals surface area (Å²) in [6.45, 7) is 2.01. The second kappa shape index (κ2) is 7.52. The Morgan fingerprint density at radius 2 is 1.74 bits per heavy atom. The summed E-state index contributed by atoms with van der Waals surface area (Å²) in [5.74, 6) is -1.04. The van der Waals surface area contributed by atoms with Crippen LogP contribution >= 0.6 is 0 Å². The minimum absolute atomic E-state index is 0.0640. The maximum absolute atomic E-state index is 13.4. The number of nitrogens with one attached hydrogen (secondary N) is 2. The Hall–Kier alpha value is -4.52. The van der Waals surface area contributed by atoms with Crippen LogP contribution in [0.15, 0.2) is 83.1 Å². The summed E-state index contributed by atoms with van der Waals surface area (Å²) in [4.78, 5) is 34.7. The van der Waals surface area contributed by atoms with Gasteiger partial charge >= 0.3 is 0 Å². The van der Waals surface area contributed by atoms with Gasteiger partial charge in [-0.2, -0.15) is 0 Å². The van der Waals surface area contributed by atoms with Crippen molar-refractivity contribution in [3.05, 3.63) is 101 Å². The molecular weight excluding hydrogens is 430 g/mol. The highest BCUT2D eigenvalue weighted by molar-refractivity contribution is 6.46. The lowest BCUT2D eigenvalue weighted by molar-refractivity contribution is -0.140. The van der Waals surface area contributed by atoms with Gasteiger partial charge in [0.25, 0.3) is 11.7 Å². The van der Waals surface area contributed by atoms with Gasteiger partial charge in [-0.1, -0.05) is 36.4 Å². The van der Waals surface area contributed by atoms with Crippen molar-refractivity contribution in [3.63, 3.8) is 0 Å². The molecule has 1 atom stereocenters. The Balaban J connectivity index is 1.62. The number of para-hydroxylation sites is 2. The fourth-order valence-electron chi connectivity index (χ4n) is 4.98. The number of aliphatic hydroxyl groups excluding tert-OH is 1. The van der Waals surface area contributed by atoms with Crippen LogP contribution in [0, 0.1) is 6.92 Å². The first-order valence-electron chi connectivity index (χ1n) is 11.0. The van der Waals surface area contributed by atoms with Crippen molar-refractivity contribution >= 4 is 39.3 Å². The molecule has 34 heavy (non-hydrogen) atoms. The van der Waals surface area contributed by atoms with Crippen LogP contribution in [0.25, 0.3) is 27.6 Å². The van der Waals surface area contributed by atoms with Crippen LogP contribution in [-0.2, 0) is 16.1 Å². The molecule has 3 N–H and O–H groups in total. The third-order valence-corrected chi connectivity index (χ3v) is 6.51. The number of furan rings is 1. The fourth-order valence-corrected chi connectivity index (χ4v) is 4.98. The van der Waals surface area contributed by atoms with Gasteiger partial charge in [-0.3, -0.25) is 9.59 Å². The number of benzene rings is 2. The van der Waals surface area contributed by atoms with E-state index < -0.39 is 17.7 Å². The number of fused-ring (bicyclic) bond motifs is 2. The summed E-state index contributed by atoms with van der Waals surface area (Å²) in [5.41, 5.74) is 3.87. The standard InChI is InChI=1S/C27H21N3O4/c1-15-22(18-9-3-5-11-21(18)29-15)24-23(25(31)19-13-28-20-10-4-2-8-17(19)20)26(32)27(33)30(24)14-16-7-6-12-34-16/h2-13,24,28-29,31H,14H2,1H3/b25-23+. The van der Waals surface area contributed by atoms with Crippen LogP contribution < -0.4 is 0 Å². The summed E-state index contributed by atoms with van der Waals surface area (Å²) in [6.07, 6.45) is 3.20. The predicted molar refractivity (Wildman–Crippen MR) is 128 cm³/mol. The molecule has 7 heteroatoms. The molecule has 0 aliphatic carbocycles. The molecule has 1 amide bonds. The molecular formula is C27H21N3O4. The SMILES string of the molecule is Cc1[nH]c2ccccc2c1C1/C(=C(\O)c2c[nH]c3ccccc23)C(=O)C(=O)N1Cc1ccco1. The van der Waals surface area contributed by atoms with Crippen LogP contribution in [0.2, 0.25) is 0 Å². The molecule has 6 rings (SSSR count). The van der Waals surface area contributed by atoms with E-state index in [1.807, 2.05) is 55.5 Å². The normalized spacial score (nSPS) is 17.9. The number of rotatable bonds is 4. The van der Waals surface area contributed by atoms with E-state index in [4.69, 9.17) is 4.42 Å². The quantitative estimate of drug-likeness (QED) is 0.199. The molecule has 1 fully saturated rings. The van der Waals surface area contributed by atoms with E-state index >= 15 is 0 Å². The number of aliphatic hydroxyl groups is 1. The van der Waals surface area contributed by atoms with E-state index in [2.05, 4.69) is 9.97 Å². The van der Waals surface area contributed by atoms with Crippen LogP contribution in [0.1, 0.15) is 28.6 Å². The predicted octanol–water partition coefficient (Wildman–Crippen LogP) is 5.17. The topological polar surface area (TPSA) is 102 Å². The van der Waals surface area contributed by atoms with Gasteiger partial charge in [-0.05, 0) is 31.2 Å². The summed E-state index contributed by atoms with van der Waals surface area (Å²) in [5, 5.41) is 13.2. The van der Waals surface area contributed by atoms with Crippen LogP contribution in [0.5, 0.6) is 0 Å². The molecule has 5 aromatic rings. The van der Waals surface area contributed by atoms with Gasteiger partial charge in [0.1, 0.15) is 11.5 Å². The van der Waals surface area contributed by atoms with E-state index in [1.54, 1.807) is 18.3 Å². The van der Waals surface area contributed by atoms with Crippen molar-refractivity contribution in [2.24, 2.45) is 0 Å². The largest absolute Gasteiger partial charge is 0.507 e. The molecule has 4 heterocycles. The van der Waals surface area contributed by atoms with Crippen LogP contribution in [0.3, 0.4) is 0 Å². The van der Waals surface area contributed by atoms with E-state index in [9.17, 15) is 14.7 Å². The molecule has 2 aromatic carbocycles. The van der Waals surface area contributed by atoms with Crippen molar-refractivity contribution in [2.75, 3.05) is 0 Å². The zero-order valence-electron chi connectivity index (χ0n) is 18.3. The minimum atomic E-state index is -0.782. The molecule has 7 nitrogen and oxygen atoms in total. The second-order valence-corrected chi connectivity index (χ2v) is 8.46. The van der Waals surface area contributed by atoms with Gasteiger partial charge < -0.3 is 24.4 Å². The van der Waals surface area contributed by atoms with Crippen LogP contribution in [0.4, 0.5) is 0 Å². The lowest BCUT2D eigenvalue weighted by atomic mass is 9.93. The highest BCUT2D eigenvalue weighted by Crippen LogP contribution is 2.44. The average molecular weight is 451 g/mol. The third kappa shape index (κ3) is 2.90. The number of hydrogen-bond donors (Lipinski definition) is 3. The Kier molecular flexibility index (Phi) is 4.45. The van der Waals surface area contributed by atoms with Crippen molar-refractivity contribution in [1.29, 1.82) is 0 Å². The molecule has 0 saturated carbocycles. The molecule has 3 aromatic heterocycles. The van der Waals surface area contributed by atoms with Gasteiger partial charge in [-0.15, -0.1) is 0 Å². The zero-order valence-corrected chi connectivity index (χ0v) is 18.3. The monoisotopic (exact) mass is 451 g/mol. The van der Waals surface area contributed by atoms with E-state index in [1.165, 1.54) is 11.2 Å². The molecule has 1 unspecified atom stereocenters.